The number of rotatable bonds is 4. The fraction of sp³-hybridized carbons (Fsp3) is 0.0952. The number of nitriles is 3. The van der Waals surface area contributed by atoms with Gasteiger partial charge in [-0.05, 0) is 23.8 Å². The highest BCUT2D eigenvalue weighted by atomic mass is 19.2. The first-order chi connectivity index (χ1) is 14.2. The van der Waals surface area contributed by atoms with Crippen molar-refractivity contribution >= 4 is 16.8 Å². The van der Waals surface area contributed by atoms with Crippen LogP contribution < -0.4 is 4.90 Å². The molecule has 0 atom stereocenters. The second-order valence-corrected chi connectivity index (χ2v) is 6.07. The third-order valence-corrected chi connectivity index (χ3v) is 4.08. The van der Waals surface area contributed by atoms with Crippen LogP contribution in [-0.2, 0) is 0 Å². The van der Waals surface area contributed by atoms with E-state index in [9.17, 15) is 37.7 Å². The van der Waals surface area contributed by atoms with E-state index >= 15 is 0 Å². The molecule has 0 N–H and O–H groups in total. The fourth-order valence-corrected chi connectivity index (χ4v) is 2.53. The molecule has 0 saturated carbocycles. The molecule has 2 aromatic rings. The number of anilines is 1. The minimum Gasteiger partial charge on any atom is -0.378 e. The lowest BCUT2D eigenvalue weighted by Gasteiger charge is -2.13. The maximum atomic E-state index is 14.1. The van der Waals surface area contributed by atoms with Gasteiger partial charge in [-0.3, -0.25) is 0 Å². The van der Waals surface area contributed by atoms with Crippen LogP contribution in [0.15, 0.2) is 35.9 Å². The van der Waals surface area contributed by atoms with E-state index in [-0.39, 0.29) is 11.1 Å². The average molecular weight is 414 g/mol. The lowest BCUT2D eigenvalue weighted by molar-refractivity contribution is 0.376. The van der Waals surface area contributed by atoms with E-state index in [0.717, 1.165) is 11.8 Å². The van der Waals surface area contributed by atoms with Crippen LogP contribution in [-0.4, -0.2) is 14.1 Å². The molecule has 0 amide bonds. The van der Waals surface area contributed by atoms with Crippen molar-refractivity contribution in [3.63, 3.8) is 0 Å². The Morgan fingerprint density at radius 3 is 1.63 bits per heavy atom. The van der Waals surface area contributed by atoms with Crippen molar-refractivity contribution in [2.75, 3.05) is 19.0 Å². The largest absolute Gasteiger partial charge is 0.378 e. The monoisotopic (exact) mass is 414 g/mol. The minimum atomic E-state index is -2.36. The molecule has 0 radical (unpaired) electrons. The van der Waals surface area contributed by atoms with Gasteiger partial charge in [0.25, 0.3) is 0 Å². The minimum absolute atomic E-state index is 0.217. The first-order valence-electron chi connectivity index (χ1n) is 8.13. The van der Waals surface area contributed by atoms with Gasteiger partial charge in [-0.15, -0.1) is 0 Å². The summed E-state index contributed by atoms with van der Waals surface area (Å²) >= 11 is 0. The second kappa shape index (κ2) is 8.89. The normalized spacial score (nSPS) is 10.6. The molecule has 2 aromatic carbocycles. The molecule has 0 bridgehead atoms. The summed E-state index contributed by atoms with van der Waals surface area (Å²) in [6.07, 6.45) is 0.741. The number of allylic oxidation sites excluding steroid dienone is 4. The Hall–Kier alpha value is -4.16. The van der Waals surface area contributed by atoms with Gasteiger partial charge < -0.3 is 4.90 Å². The lowest BCUT2D eigenvalue weighted by atomic mass is 9.95. The number of benzene rings is 2. The molecule has 0 unspecified atom stereocenters. The van der Waals surface area contributed by atoms with Gasteiger partial charge in [-0.2, -0.15) is 15.8 Å². The summed E-state index contributed by atoms with van der Waals surface area (Å²) < 4.78 is 68.7. The van der Waals surface area contributed by atoms with Crippen molar-refractivity contribution in [2.45, 2.75) is 0 Å². The zero-order valence-corrected chi connectivity index (χ0v) is 15.6. The van der Waals surface area contributed by atoms with E-state index in [1.54, 1.807) is 43.3 Å². The second-order valence-electron chi connectivity index (χ2n) is 6.07. The van der Waals surface area contributed by atoms with Crippen LogP contribution in [0.4, 0.5) is 27.6 Å². The number of hydrogen-bond acceptors (Lipinski definition) is 4. The molecule has 2 rings (SSSR count). The van der Waals surface area contributed by atoms with Crippen LogP contribution in [0, 0.1) is 63.1 Å². The predicted octanol–water partition coefficient (Wildman–Crippen LogP) is 4.86. The zero-order valence-electron chi connectivity index (χ0n) is 15.6. The molecule has 150 valence electrons. The van der Waals surface area contributed by atoms with E-state index in [4.69, 9.17) is 0 Å². The smallest absolute Gasteiger partial charge is 0.200 e. The van der Waals surface area contributed by atoms with Crippen LogP contribution in [0.25, 0.3) is 11.1 Å². The van der Waals surface area contributed by atoms with Crippen molar-refractivity contribution < 1.29 is 22.0 Å². The van der Waals surface area contributed by atoms with Crippen molar-refractivity contribution in [1.29, 1.82) is 15.8 Å². The SMILES string of the molecule is CN(C)c1ccc(C(/C=C(\C#N)c2c(F)c(F)c(F)c(F)c2F)=C(C#N)C#N)cc1. The molecule has 0 spiro atoms. The summed E-state index contributed by atoms with van der Waals surface area (Å²) in [5, 5.41) is 27.8. The van der Waals surface area contributed by atoms with Gasteiger partial charge >= 0.3 is 0 Å². The number of halogens is 5. The van der Waals surface area contributed by atoms with Gasteiger partial charge in [0, 0.05) is 25.4 Å². The summed E-state index contributed by atoms with van der Waals surface area (Å²) in [4.78, 5) is 1.76. The Balaban J connectivity index is 2.82. The Bertz CT molecular complexity index is 1150. The molecular formula is C21H11F5N4. The van der Waals surface area contributed by atoms with Gasteiger partial charge in [0.15, 0.2) is 23.3 Å². The van der Waals surface area contributed by atoms with Crippen molar-refractivity contribution in [3.05, 3.63) is 76.1 Å². The third kappa shape index (κ3) is 3.99. The fourth-order valence-electron chi connectivity index (χ4n) is 2.53. The van der Waals surface area contributed by atoms with Crippen LogP contribution in [0.3, 0.4) is 0 Å². The van der Waals surface area contributed by atoms with E-state index in [2.05, 4.69) is 0 Å². The summed E-state index contributed by atoms with van der Waals surface area (Å²) in [6, 6.07) is 10.7. The van der Waals surface area contributed by atoms with E-state index in [0.29, 0.717) is 0 Å². The van der Waals surface area contributed by atoms with E-state index < -0.39 is 45.8 Å². The molecule has 9 heteroatoms. The summed E-state index contributed by atoms with van der Waals surface area (Å²) in [7, 11) is 3.53. The molecule has 30 heavy (non-hydrogen) atoms. The number of nitrogens with zero attached hydrogens (tertiary/aromatic N) is 4. The van der Waals surface area contributed by atoms with E-state index in [1.165, 1.54) is 18.2 Å². The zero-order chi connectivity index (χ0) is 22.6. The lowest BCUT2D eigenvalue weighted by Crippen LogP contribution is -2.08. The van der Waals surface area contributed by atoms with Crippen LogP contribution in [0.5, 0.6) is 0 Å². The Morgan fingerprint density at radius 2 is 1.23 bits per heavy atom. The standard InChI is InChI=1S/C21H11F5N4/c1-30(2)14-5-3-11(4-6-14)15(13(9-28)10-29)7-12(8-27)16-17(22)19(24)21(26)20(25)18(16)23/h3-7H,1-2H3/b12-7+. The summed E-state index contributed by atoms with van der Waals surface area (Å²) in [6.45, 7) is 0. The predicted molar refractivity (Wildman–Crippen MR) is 98.7 cm³/mol. The quantitative estimate of drug-likeness (QED) is 0.236. The maximum absolute atomic E-state index is 14.1. The first kappa shape index (κ1) is 22.1. The summed E-state index contributed by atoms with van der Waals surface area (Å²) in [5.41, 5.74) is -2.17. The topological polar surface area (TPSA) is 74.6 Å². The molecule has 0 saturated heterocycles. The molecule has 0 aromatic heterocycles. The molecular weight excluding hydrogens is 403 g/mol. The average Bonchev–Trinajstić information content (AvgIpc) is 2.75. The van der Waals surface area contributed by atoms with Crippen LogP contribution in [0.2, 0.25) is 0 Å². The van der Waals surface area contributed by atoms with Gasteiger partial charge in [0.05, 0.1) is 17.2 Å². The van der Waals surface area contributed by atoms with Crippen molar-refractivity contribution in [2.24, 2.45) is 0 Å². The molecule has 0 aliphatic carbocycles. The van der Waals surface area contributed by atoms with Crippen molar-refractivity contribution in [1.82, 2.24) is 0 Å². The first-order valence-corrected chi connectivity index (χ1v) is 8.13. The van der Waals surface area contributed by atoms with Gasteiger partial charge in [-0.25, -0.2) is 22.0 Å². The molecule has 0 heterocycles. The van der Waals surface area contributed by atoms with Crippen LogP contribution >= 0.6 is 0 Å². The van der Waals surface area contributed by atoms with E-state index in [1.807, 2.05) is 0 Å². The van der Waals surface area contributed by atoms with Gasteiger partial charge in [0.1, 0.15) is 17.7 Å². The van der Waals surface area contributed by atoms with Gasteiger partial charge in [0.2, 0.25) is 5.82 Å². The Labute approximate surface area is 168 Å². The molecule has 0 aliphatic heterocycles. The number of hydrogen-bond donors (Lipinski definition) is 0. The highest BCUT2D eigenvalue weighted by molar-refractivity contribution is 5.92. The van der Waals surface area contributed by atoms with Crippen molar-refractivity contribution in [3.8, 4) is 18.2 Å². The van der Waals surface area contributed by atoms with Crippen LogP contribution in [0.1, 0.15) is 11.1 Å². The highest BCUT2D eigenvalue weighted by Gasteiger charge is 2.28. The molecule has 0 fully saturated rings. The Kier molecular flexibility index (Phi) is 6.56. The molecule has 4 nitrogen and oxygen atoms in total. The maximum Gasteiger partial charge on any atom is 0.200 e. The summed E-state index contributed by atoms with van der Waals surface area (Å²) in [5.74, 6) is -11.2. The highest BCUT2D eigenvalue weighted by Crippen LogP contribution is 2.32. The molecule has 0 aliphatic rings. The third-order valence-electron chi connectivity index (χ3n) is 4.08. The van der Waals surface area contributed by atoms with Gasteiger partial charge in [-0.1, -0.05) is 12.1 Å². The Morgan fingerprint density at radius 1 is 0.767 bits per heavy atom.